The Morgan fingerprint density at radius 3 is 2.70 bits per heavy atom. The molecule has 3 unspecified atom stereocenters. The average molecular weight is 566 g/mol. The summed E-state index contributed by atoms with van der Waals surface area (Å²) in [6.07, 6.45) is 3.84. The summed E-state index contributed by atoms with van der Waals surface area (Å²) in [5.41, 5.74) is 5.16. The fraction of sp³-hybridized carbons (Fsp3) is 0.433. The van der Waals surface area contributed by atoms with Crippen molar-refractivity contribution in [3.8, 4) is 17.0 Å². The summed E-state index contributed by atoms with van der Waals surface area (Å²) in [5.74, 6) is 1.48. The van der Waals surface area contributed by atoms with Crippen LogP contribution in [0.1, 0.15) is 35.2 Å². The highest BCUT2D eigenvalue weighted by Gasteiger charge is 2.60. The topological polar surface area (TPSA) is 98.7 Å². The maximum absolute atomic E-state index is 14.7. The first-order chi connectivity index (χ1) is 19.1. The van der Waals surface area contributed by atoms with Crippen molar-refractivity contribution in [1.82, 2.24) is 9.97 Å². The Labute approximate surface area is 233 Å². The number of carbonyl (C=O) groups excluding carboxylic acids is 1. The molecule has 3 heterocycles. The van der Waals surface area contributed by atoms with E-state index >= 15 is 0 Å². The molecular formula is C30H32FN3O5S. The number of ether oxygens (including phenoxy) is 2. The van der Waals surface area contributed by atoms with Gasteiger partial charge in [-0.2, -0.15) is 0 Å². The van der Waals surface area contributed by atoms with Gasteiger partial charge in [-0.1, -0.05) is 6.07 Å². The number of carbonyl (C=O) groups is 1. The van der Waals surface area contributed by atoms with Crippen LogP contribution in [-0.2, 0) is 32.4 Å². The number of sulfone groups is 1. The highest BCUT2D eigenvalue weighted by Crippen LogP contribution is 2.61. The van der Waals surface area contributed by atoms with Crippen LogP contribution in [-0.4, -0.2) is 56.1 Å². The maximum atomic E-state index is 14.7. The minimum absolute atomic E-state index is 0.0316. The molecule has 3 aliphatic rings. The lowest BCUT2D eigenvalue weighted by Crippen LogP contribution is -2.49. The van der Waals surface area contributed by atoms with E-state index in [0.29, 0.717) is 31.1 Å². The Bertz CT molecular complexity index is 1590. The molecule has 0 radical (unpaired) electrons. The summed E-state index contributed by atoms with van der Waals surface area (Å²) < 4.78 is 48.9. The van der Waals surface area contributed by atoms with E-state index in [2.05, 4.69) is 9.88 Å². The molecule has 2 fully saturated rings. The van der Waals surface area contributed by atoms with Gasteiger partial charge in [0, 0.05) is 60.3 Å². The lowest BCUT2D eigenvalue weighted by molar-refractivity contribution is -0.145. The summed E-state index contributed by atoms with van der Waals surface area (Å²) in [6, 6.07) is 10.7. The lowest BCUT2D eigenvalue weighted by atomic mass is 10.00. The summed E-state index contributed by atoms with van der Waals surface area (Å²) in [4.78, 5) is 23.4. The van der Waals surface area contributed by atoms with E-state index < -0.39 is 9.84 Å². The van der Waals surface area contributed by atoms with E-state index in [1.807, 2.05) is 32.0 Å². The van der Waals surface area contributed by atoms with Gasteiger partial charge in [-0.05, 0) is 67.1 Å². The van der Waals surface area contributed by atoms with Crippen LogP contribution in [0.3, 0.4) is 0 Å². The second-order valence-electron chi connectivity index (χ2n) is 11.2. The lowest BCUT2D eigenvalue weighted by Gasteiger charge is -2.40. The molecule has 1 saturated heterocycles. The van der Waals surface area contributed by atoms with Crippen LogP contribution in [0.15, 0.2) is 42.6 Å². The summed E-state index contributed by atoms with van der Waals surface area (Å²) in [6.45, 7) is 5.49. The largest absolute Gasteiger partial charge is 0.473 e. The minimum Gasteiger partial charge on any atom is -0.473 e. The van der Waals surface area contributed by atoms with E-state index in [-0.39, 0.29) is 47.8 Å². The number of rotatable bonds is 9. The third kappa shape index (κ3) is 5.16. The maximum Gasteiger partial charge on any atom is 0.309 e. The fourth-order valence-corrected chi connectivity index (χ4v) is 7.30. The van der Waals surface area contributed by atoms with E-state index in [0.717, 1.165) is 40.2 Å². The van der Waals surface area contributed by atoms with Crippen LogP contribution >= 0.6 is 0 Å². The van der Waals surface area contributed by atoms with Gasteiger partial charge in [-0.15, -0.1) is 0 Å². The zero-order valence-corrected chi connectivity index (χ0v) is 23.6. The highest BCUT2D eigenvalue weighted by atomic mass is 32.2. The van der Waals surface area contributed by atoms with E-state index in [1.54, 1.807) is 18.3 Å². The van der Waals surface area contributed by atoms with Gasteiger partial charge in [0.2, 0.25) is 5.88 Å². The number of hydrogen-bond acceptors (Lipinski definition) is 8. The van der Waals surface area contributed by atoms with Gasteiger partial charge in [0.25, 0.3) is 0 Å². The number of fused-ring (bicyclic) bond motifs is 3. The van der Waals surface area contributed by atoms with Gasteiger partial charge in [0.15, 0.2) is 0 Å². The molecule has 210 valence electrons. The van der Waals surface area contributed by atoms with Gasteiger partial charge in [-0.3, -0.25) is 4.79 Å². The number of aromatic nitrogens is 2. The molecule has 10 heteroatoms. The zero-order chi connectivity index (χ0) is 28.2. The standard InChI is InChI=1S/C30H32FN3O5S/c1-4-38-30(35)29-23-10-20-11-27(32-12-24(20)28(23)29)39-15-21-9-19(5-7-25(21)31)22-6-8-26(33-17(22)2)34-13-18(14-34)16-40(3,36)37/h5-9,11-12,18,23,28-29H,4,10,13-16H2,1-3H3. The third-order valence-corrected chi connectivity index (χ3v) is 9.24. The number of hydrogen-bond donors (Lipinski definition) is 0. The van der Waals surface area contributed by atoms with Crippen LogP contribution < -0.4 is 9.64 Å². The van der Waals surface area contributed by atoms with E-state index in [4.69, 9.17) is 14.5 Å². The average Bonchev–Trinajstić information content (AvgIpc) is 3.47. The second kappa shape index (κ2) is 10.1. The number of anilines is 1. The Morgan fingerprint density at radius 1 is 1.18 bits per heavy atom. The van der Waals surface area contributed by atoms with Crippen molar-refractivity contribution in [1.29, 1.82) is 0 Å². The Hall–Kier alpha value is -3.53. The first kappa shape index (κ1) is 26.7. The van der Waals surface area contributed by atoms with Crippen LogP contribution in [0.4, 0.5) is 10.2 Å². The van der Waals surface area contributed by atoms with Crippen molar-refractivity contribution in [2.24, 2.45) is 17.8 Å². The third-order valence-electron chi connectivity index (χ3n) is 8.16. The molecule has 3 aromatic rings. The van der Waals surface area contributed by atoms with Crippen molar-refractivity contribution in [2.45, 2.75) is 32.8 Å². The molecular weight excluding hydrogens is 533 g/mol. The first-order valence-electron chi connectivity index (χ1n) is 13.6. The molecule has 3 atom stereocenters. The quantitative estimate of drug-likeness (QED) is 0.358. The monoisotopic (exact) mass is 565 g/mol. The summed E-state index contributed by atoms with van der Waals surface area (Å²) >= 11 is 0. The van der Waals surface area contributed by atoms with Crippen molar-refractivity contribution in [3.05, 3.63) is 70.8 Å². The van der Waals surface area contributed by atoms with Crippen LogP contribution in [0.2, 0.25) is 0 Å². The smallest absolute Gasteiger partial charge is 0.309 e. The van der Waals surface area contributed by atoms with Gasteiger partial charge < -0.3 is 14.4 Å². The molecule has 0 amide bonds. The number of halogens is 1. The molecule has 0 bridgehead atoms. The van der Waals surface area contributed by atoms with Crippen LogP contribution in [0.5, 0.6) is 5.88 Å². The van der Waals surface area contributed by atoms with E-state index in [9.17, 15) is 17.6 Å². The number of pyridine rings is 2. The zero-order valence-electron chi connectivity index (χ0n) is 22.8. The Balaban J connectivity index is 1.10. The molecule has 8 nitrogen and oxygen atoms in total. The number of aryl methyl sites for hydroxylation is 1. The second-order valence-corrected chi connectivity index (χ2v) is 13.3. The van der Waals surface area contributed by atoms with Crippen LogP contribution in [0, 0.1) is 30.5 Å². The van der Waals surface area contributed by atoms with Crippen molar-refractivity contribution in [3.63, 3.8) is 0 Å². The summed E-state index contributed by atoms with van der Waals surface area (Å²) in [7, 11) is -2.99. The molecule has 0 spiro atoms. The molecule has 2 aromatic heterocycles. The van der Waals surface area contributed by atoms with Gasteiger partial charge in [-0.25, -0.2) is 22.8 Å². The van der Waals surface area contributed by atoms with Gasteiger partial charge in [0.1, 0.15) is 28.1 Å². The van der Waals surface area contributed by atoms with E-state index in [1.165, 1.54) is 12.3 Å². The van der Waals surface area contributed by atoms with Crippen molar-refractivity contribution in [2.75, 3.05) is 36.6 Å². The fourth-order valence-electron chi connectivity index (χ4n) is 6.23. The predicted molar refractivity (Wildman–Crippen MR) is 148 cm³/mol. The molecule has 2 aliphatic carbocycles. The normalized spacial score (nSPS) is 21.4. The molecule has 6 rings (SSSR count). The van der Waals surface area contributed by atoms with Gasteiger partial charge in [0.05, 0.1) is 18.3 Å². The first-order valence-corrected chi connectivity index (χ1v) is 15.6. The summed E-state index contributed by atoms with van der Waals surface area (Å²) in [5, 5.41) is 0. The predicted octanol–water partition coefficient (Wildman–Crippen LogP) is 4.10. The molecule has 0 N–H and O–H groups in total. The molecule has 1 saturated carbocycles. The van der Waals surface area contributed by atoms with Crippen molar-refractivity contribution < 1.29 is 27.1 Å². The van der Waals surface area contributed by atoms with Crippen molar-refractivity contribution >= 4 is 21.6 Å². The highest BCUT2D eigenvalue weighted by molar-refractivity contribution is 7.90. The van der Waals surface area contributed by atoms with Crippen LogP contribution in [0.25, 0.3) is 11.1 Å². The minimum atomic E-state index is -2.99. The SMILES string of the molecule is CCOC(=O)C1C2Cc3cc(OCc4cc(-c5ccc(N6CC(CS(C)(=O)=O)C6)nc5C)ccc4F)ncc3C21. The molecule has 1 aromatic carbocycles. The van der Waals surface area contributed by atoms with Gasteiger partial charge >= 0.3 is 5.97 Å². The molecule has 40 heavy (non-hydrogen) atoms. The number of esters is 1. The molecule has 1 aliphatic heterocycles. The number of benzene rings is 1. The Kier molecular flexibility index (Phi) is 6.76. The number of nitrogens with zero attached hydrogens (tertiary/aromatic N) is 3. The Morgan fingerprint density at radius 2 is 1.98 bits per heavy atom.